The monoisotopic (exact) mass is 433 g/mol. The van der Waals surface area contributed by atoms with Crippen molar-refractivity contribution in [2.75, 3.05) is 44.2 Å². The molecular formula is C26H31N3O3. The van der Waals surface area contributed by atoms with Crippen molar-refractivity contribution in [2.45, 2.75) is 32.7 Å². The van der Waals surface area contributed by atoms with Crippen LogP contribution in [0.5, 0.6) is 0 Å². The number of amides is 2. The minimum absolute atomic E-state index is 0.0221. The first kappa shape index (κ1) is 21.2. The maximum absolute atomic E-state index is 13.2. The molecule has 168 valence electrons. The van der Waals surface area contributed by atoms with Crippen molar-refractivity contribution >= 4 is 17.5 Å². The Morgan fingerprint density at radius 2 is 1.81 bits per heavy atom. The summed E-state index contributed by atoms with van der Waals surface area (Å²) in [6.45, 7) is 8.02. The van der Waals surface area contributed by atoms with Gasteiger partial charge in [-0.1, -0.05) is 36.4 Å². The Bertz CT molecular complexity index is 1060. The molecule has 0 spiro atoms. The quantitative estimate of drug-likeness (QED) is 0.787. The average molecular weight is 434 g/mol. The van der Waals surface area contributed by atoms with Gasteiger partial charge < -0.3 is 14.9 Å². The van der Waals surface area contributed by atoms with Crippen molar-refractivity contribution in [1.29, 1.82) is 0 Å². The fourth-order valence-corrected chi connectivity index (χ4v) is 5.31. The number of benzene rings is 2. The molecule has 0 bridgehead atoms. The predicted octanol–water partition coefficient (Wildman–Crippen LogP) is 2.46. The number of anilines is 1. The van der Waals surface area contributed by atoms with E-state index in [0.717, 1.165) is 30.9 Å². The van der Waals surface area contributed by atoms with Gasteiger partial charge in [-0.15, -0.1) is 0 Å². The van der Waals surface area contributed by atoms with Gasteiger partial charge >= 0.3 is 0 Å². The first-order valence-electron chi connectivity index (χ1n) is 11.5. The van der Waals surface area contributed by atoms with E-state index in [4.69, 9.17) is 0 Å². The Morgan fingerprint density at radius 1 is 1.06 bits per heavy atom. The molecule has 1 aliphatic carbocycles. The summed E-state index contributed by atoms with van der Waals surface area (Å²) in [6, 6.07) is 14.4. The molecule has 2 unspecified atom stereocenters. The number of fused-ring (bicyclic) bond motifs is 3. The van der Waals surface area contributed by atoms with Crippen LogP contribution < -0.4 is 4.90 Å². The van der Waals surface area contributed by atoms with Crippen LogP contribution in [0, 0.1) is 19.3 Å². The molecule has 2 atom stereocenters. The number of carbonyl (C=O) groups excluding carboxylic acids is 2. The third-order valence-electron chi connectivity index (χ3n) is 7.63. The number of nitrogens with zero attached hydrogens (tertiary/aromatic N) is 3. The summed E-state index contributed by atoms with van der Waals surface area (Å²) in [7, 11) is 0. The van der Waals surface area contributed by atoms with Gasteiger partial charge in [0.25, 0.3) is 0 Å². The molecule has 2 heterocycles. The van der Waals surface area contributed by atoms with Gasteiger partial charge in [0.1, 0.15) is 6.54 Å². The number of aliphatic hydroxyl groups is 1. The number of para-hydroxylation sites is 1. The van der Waals surface area contributed by atoms with Gasteiger partial charge in [0.05, 0.1) is 12.0 Å². The lowest BCUT2D eigenvalue weighted by Crippen LogP contribution is -2.53. The molecule has 5 rings (SSSR count). The maximum Gasteiger partial charge on any atom is 0.242 e. The molecule has 2 aliphatic heterocycles. The van der Waals surface area contributed by atoms with E-state index < -0.39 is 5.41 Å². The lowest BCUT2D eigenvalue weighted by atomic mass is 9.92. The van der Waals surface area contributed by atoms with Gasteiger partial charge in [-0.05, 0) is 48.6 Å². The van der Waals surface area contributed by atoms with Crippen LogP contribution in [-0.2, 0) is 16.1 Å². The van der Waals surface area contributed by atoms with Crippen molar-refractivity contribution in [3.8, 4) is 0 Å². The van der Waals surface area contributed by atoms with Gasteiger partial charge in [-0.2, -0.15) is 0 Å². The molecule has 32 heavy (non-hydrogen) atoms. The molecule has 1 saturated carbocycles. The average Bonchev–Trinajstić information content (AvgIpc) is 3.56. The minimum atomic E-state index is -0.723. The number of aliphatic hydroxyl groups excluding tert-OH is 1. The molecule has 2 amide bonds. The fourth-order valence-electron chi connectivity index (χ4n) is 5.31. The standard InChI is InChI=1S/C26H31N3O3/c1-18-7-8-20(13-19(18)2)15-27-9-11-28(12-10-27)24(31)16-29-23-6-4-3-5-21(23)22-14-26(22,17-30)25(29)32/h3-8,13,22,30H,9-12,14-17H2,1-2H3. The largest absolute Gasteiger partial charge is 0.395 e. The smallest absolute Gasteiger partial charge is 0.242 e. The Hall–Kier alpha value is -2.70. The maximum atomic E-state index is 13.2. The predicted molar refractivity (Wildman–Crippen MR) is 123 cm³/mol. The topological polar surface area (TPSA) is 64.1 Å². The number of hydrogen-bond acceptors (Lipinski definition) is 4. The van der Waals surface area contributed by atoms with Gasteiger partial charge in [0.2, 0.25) is 11.8 Å². The number of aryl methyl sites for hydroxylation is 2. The summed E-state index contributed by atoms with van der Waals surface area (Å²) >= 11 is 0. The van der Waals surface area contributed by atoms with Crippen LogP contribution in [0.25, 0.3) is 0 Å². The lowest BCUT2D eigenvalue weighted by Gasteiger charge is -2.37. The number of hydrogen-bond donors (Lipinski definition) is 1. The van der Waals surface area contributed by atoms with E-state index in [1.165, 1.54) is 16.7 Å². The second-order valence-electron chi connectivity index (χ2n) is 9.60. The highest BCUT2D eigenvalue weighted by Crippen LogP contribution is 2.64. The molecule has 0 radical (unpaired) electrons. The molecule has 1 saturated heterocycles. The van der Waals surface area contributed by atoms with Crippen LogP contribution >= 0.6 is 0 Å². The van der Waals surface area contributed by atoms with E-state index in [2.05, 4.69) is 36.9 Å². The molecule has 6 nitrogen and oxygen atoms in total. The van der Waals surface area contributed by atoms with E-state index in [9.17, 15) is 14.7 Å². The molecule has 3 aliphatic rings. The third kappa shape index (κ3) is 3.51. The van der Waals surface area contributed by atoms with Crippen molar-refractivity contribution in [3.05, 3.63) is 64.7 Å². The molecule has 2 aromatic rings. The molecular weight excluding hydrogens is 402 g/mol. The summed E-state index contributed by atoms with van der Waals surface area (Å²) in [6.07, 6.45) is 0.668. The van der Waals surface area contributed by atoms with Crippen LogP contribution in [0.2, 0.25) is 0 Å². The van der Waals surface area contributed by atoms with Crippen LogP contribution in [0.3, 0.4) is 0 Å². The van der Waals surface area contributed by atoms with Gasteiger partial charge in [0, 0.05) is 44.3 Å². The Morgan fingerprint density at radius 3 is 2.53 bits per heavy atom. The van der Waals surface area contributed by atoms with E-state index in [0.29, 0.717) is 19.5 Å². The van der Waals surface area contributed by atoms with Crippen molar-refractivity contribution in [3.63, 3.8) is 0 Å². The fraction of sp³-hybridized carbons (Fsp3) is 0.462. The van der Waals surface area contributed by atoms with Gasteiger partial charge in [-0.3, -0.25) is 14.5 Å². The SMILES string of the molecule is Cc1ccc(CN2CCN(C(=O)CN3C(=O)C4(CO)CC4c4ccccc43)CC2)cc1C. The molecule has 6 heteroatoms. The number of carbonyl (C=O) groups is 2. The number of piperazine rings is 1. The van der Waals surface area contributed by atoms with Crippen molar-refractivity contribution in [2.24, 2.45) is 5.41 Å². The molecule has 2 aromatic carbocycles. The lowest BCUT2D eigenvalue weighted by molar-refractivity contribution is -0.134. The molecule has 1 N–H and O–H groups in total. The van der Waals surface area contributed by atoms with Crippen LogP contribution in [0.4, 0.5) is 5.69 Å². The van der Waals surface area contributed by atoms with Crippen LogP contribution in [0.15, 0.2) is 42.5 Å². The van der Waals surface area contributed by atoms with Gasteiger partial charge in [0.15, 0.2) is 0 Å². The highest BCUT2D eigenvalue weighted by Gasteiger charge is 2.65. The summed E-state index contributed by atoms with van der Waals surface area (Å²) in [5, 5.41) is 9.92. The van der Waals surface area contributed by atoms with Crippen LogP contribution in [0.1, 0.15) is 34.6 Å². The van der Waals surface area contributed by atoms with E-state index in [1.54, 1.807) is 4.90 Å². The summed E-state index contributed by atoms with van der Waals surface area (Å²) in [4.78, 5) is 32.2. The molecule has 2 fully saturated rings. The molecule has 0 aromatic heterocycles. The van der Waals surface area contributed by atoms with E-state index in [-0.39, 0.29) is 30.9 Å². The highest BCUT2D eigenvalue weighted by atomic mass is 16.3. The first-order valence-corrected chi connectivity index (χ1v) is 11.5. The zero-order valence-corrected chi connectivity index (χ0v) is 18.9. The summed E-state index contributed by atoms with van der Waals surface area (Å²) < 4.78 is 0. The van der Waals surface area contributed by atoms with Crippen LogP contribution in [-0.4, -0.2) is 66.1 Å². The zero-order chi connectivity index (χ0) is 22.5. The Labute approximate surface area is 189 Å². The van der Waals surface area contributed by atoms with Gasteiger partial charge in [-0.25, -0.2) is 0 Å². The first-order chi connectivity index (χ1) is 15.4. The second-order valence-corrected chi connectivity index (χ2v) is 9.60. The second kappa shape index (κ2) is 8.01. The Kier molecular flexibility index (Phi) is 5.30. The highest BCUT2D eigenvalue weighted by molar-refractivity contribution is 6.07. The van der Waals surface area contributed by atoms with E-state index in [1.807, 2.05) is 29.2 Å². The third-order valence-corrected chi connectivity index (χ3v) is 7.63. The number of rotatable bonds is 5. The van der Waals surface area contributed by atoms with E-state index >= 15 is 0 Å². The summed E-state index contributed by atoms with van der Waals surface area (Å²) in [5.74, 6) is -0.0480. The minimum Gasteiger partial charge on any atom is -0.395 e. The Balaban J connectivity index is 1.23. The normalized spacial score (nSPS) is 24.8. The van der Waals surface area contributed by atoms with Crippen molar-refractivity contribution in [1.82, 2.24) is 9.80 Å². The summed E-state index contributed by atoms with van der Waals surface area (Å²) in [5.41, 5.74) is 5.09. The zero-order valence-electron chi connectivity index (χ0n) is 18.9. The van der Waals surface area contributed by atoms with Crippen molar-refractivity contribution < 1.29 is 14.7 Å².